The Morgan fingerprint density at radius 1 is 0.778 bits per heavy atom. The number of nitrogens with one attached hydrogen (secondary N) is 2. The minimum absolute atomic E-state index is 0.0824. The van der Waals surface area contributed by atoms with Crippen LogP contribution in [0.4, 0.5) is 17.1 Å². The molecule has 4 aromatic rings. The maximum atomic E-state index is 13.2. The highest BCUT2D eigenvalue weighted by Gasteiger charge is 2.22. The molecule has 0 heterocycles. The zero-order chi connectivity index (χ0) is 25.5. The number of hydrogen-bond donors (Lipinski definition) is 2. The molecule has 9 heteroatoms. The maximum absolute atomic E-state index is 13.2. The summed E-state index contributed by atoms with van der Waals surface area (Å²) in [5, 5.41) is 16.6. The summed E-state index contributed by atoms with van der Waals surface area (Å²) in [7, 11) is 0. The van der Waals surface area contributed by atoms with E-state index in [0.29, 0.717) is 22.0 Å². The molecule has 180 valence electrons. The second-order valence-corrected chi connectivity index (χ2v) is 9.30. The Morgan fingerprint density at radius 3 is 1.97 bits per heavy atom. The smallest absolute Gasteiger partial charge is 0.269 e. The lowest BCUT2D eigenvalue weighted by atomic mass is 10.1. The number of thioether (sulfide) groups is 1. The molecule has 0 aliphatic rings. The van der Waals surface area contributed by atoms with Crippen LogP contribution in [0.3, 0.4) is 0 Å². The fraction of sp³-hybridized carbons (Fsp3) is 0.0370. The highest BCUT2D eigenvalue weighted by atomic mass is 35.5. The van der Waals surface area contributed by atoms with Gasteiger partial charge in [-0.25, -0.2) is 0 Å². The van der Waals surface area contributed by atoms with E-state index in [9.17, 15) is 19.7 Å². The number of halogens is 1. The van der Waals surface area contributed by atoms with Gasteiger partial charge in [-0.1, -0.05) is 41.9 Å². The van der Waals surface area contributed by atoms with Crippen LogP contribution in [0.1, 0.15) is 21.2 Å². The van der Waals surface area contributed by atoms with Crippen LogP contribution in [0.2, 0.25) is 5.02 Å². The lowest BCUT2D eigenvalue weighted by Gasteiger charge is -2.17. The second-order valence-electron chi connectivity index (χ2n) is 7.69. The van der Waals surface area contributed by atoms with Gasteiger partial charge in [0.1, 0.15) is 5.25 Å². The summed E-state index contributed by atoms with van der Waals surface area (Å²) in [6, 6.07) is 28.9. The van der Waals surface area contributed by atoms with E-state index in [2.05, 4.69) is 10.6 Å². The zero-order valence-corrected chi connectivity index (χ0v) is 20.3. The average Bonchev–Trinajstić information content (AvgIpc) is 2.90. The van der Waals surface area contributed by atoms with E-state index < -0.39 is 10.2 Å². The van der Waals surface area contributed by atoms with Crippen molar-refractivity contribution in [1.29, 1.82) is 0 Å². The Labute approximate surface area is 216 Å². The van der Waals surface area contributed by atoms with Gasteiger partial charge in [-0.3, -0.25) is 19.7 Å². The number of non-ortho nitro benzene ring substituents is 1. The number of hydrogen-bond acceptors (Lipinski definition) is 5. The predicted molar refractivity (Wildman–Crippen MR) is 143 cm³/mol. The predicted octanol–water partition coefficient (Wildman–Crippen LogP) is 6.97. The van der Waals surface area contributed by atoms with E-state index in [0.717, 1.165) is 10.5 Å². The van der Waals surface area contributed by atoms with Crippen molar-refractivity contribution >= 4 is 52.2 Å². The summed E-state index contributed by atoms with van der Waals surface area (Å²) in [5.74, 6) is -0.557. The minimum atomic E-state index is -0.517. The van der Waals surface area contributed by atoms with Crippen molar-refractivity contribution < 1.29 is 14.5 Å². The topological polar surface area (TPSA) is 101 Å². The summed E-state index contributed by atoms with van der Waals surface area (Å²) in [4.78, 5) is 36.8. The number of benzene rings is 4. The molecule has 1 atom stereocenters. The average molecular weight is 518 g/mol. The molecule has 0 aliphatic heterocycles. The number of nitro benzene ring substituents is 1. The standard InChI is InChI=1S/C27H20ClN3O4S/c28-20-8-10-21(11-9-20)30-27(33)25(18-4-2-1-3-5-18)36-24-16-12-22(13-17-24)29-26(32)19-6-14-23(15-7-19)31(34)35/h1-17,25H,(H,29,32)(H,30,33). The monoisotopic (exact) mass is 517 g/mol. The summed E-state index contributed by atoms with van der Waals surface area (Å²) >= 11 is 7.33. The molecule has 1 unspecified atom stereocenters. The first-order chi connectivity index (χ1) is 17.4. The lowest BCUT2D eigenvalue weighted by molar-refractivity contribution is -0.384. The molecule has 0 bridgehead atoms. The van der Waals surface area contributed by atoms with Gasteiger partial charge in [0.15, 0.2) is 0 Å². The number of nitrogens with zero attached hydrogens (tertiary/aromatic N) is 1. The number of carbonyl (C=O) groups is 2. The molecule has 0 radical (unpaired) electrons. The molecule has 7 nitrogen and oxygen atoms in total. The number of rotatable bonds is 8. The molecule has 0 aromatic heterocycles. The molecular formula is C27H20ClN3O4S. The van der Waals surface area contributed by atoms with Gasteiger partial charge in [0.05, 0.1) is 4.92 Å². The van der Waals surface area contributed by atoms with E-state index >= 15 is 0 Å². The Balaban J connectivity index is 1.46. The van der Waals surface area contributed by atoms with Crippen LogP contribution in [-0.2, 0) is 4.79 Å². The van der Waals surface area contributed by atoms with Gasteiger partial charge in [-0.05, 0) is 66.2 Å². The van der Waals surface area contributed by atoms with Crippen LogP contribution in [-0.4, -0.2) is 16.7 Å². The lowest BCUT2D eigenvalue weighted by Crippen LogP contribution is -2.19. The van der Waals surface area contributed by atoms with Gasteiger partial charge in [0.25, 0.3) is 11.6 Å². The third kappa shape index (κ3) is 6.50. The molecule has 2 amide bonds. The number of anilines is 2. The Kier molecular flexibility index (Phi) is 7.99. The first kappa shape index (κ1) is 25.0. The van der Waals surface area contributed by atoms with Crippen LogP contribution in [0.15, 0.2) is 108 Å². The van der Waals surface area contributed by atoms with Gasteiger partial charge < -0.3 is 10.6 Å². The van der Waals surface area contributed by atoms with E-state index in [1.807, 2.05) is 42.5 Å². The number of carbonyl (C=O) groups excluding carboxylic acids is 2. The van der Waals surface area contributed by atoms with Crippen LogP contribution in [0, 0.1) is 10.1 Å². The first-order valence-electron chi connectivity index (χ1n) is 10.8. The van der Waals surface area contributed by atoms with Crippen molar-refractivity contribution in [1.82, 2.24) is 0 Å². The highest BCUT2D eigenvalue weighted by Crippen LogP contribution is 2.36. The Hall–Kier alpha value is -4.14. The van der Waals surface area contributed by atoms with E-state index in [4.69, 9.17) is 11.6 Å². The molecule has 0 spiro atoms. The quantitative estimate of drug-likeness (QED) is 0.149. The van der Waals surface area contributed by atoms with Gasteiger partial charge >= 0.3 is 0 Å². The van der Waals surface area contributed by atoms with Crippen LogP contribution in [0.25, 0.3) is 0 Å². The minimum Gasteiger partial charge on any atom is -0.325 e. The van der Waals surface area contributed by atoms with Gasteiger partial charge in [0.2, 0.25) is 5.91 Å². The summed E-state index contributed by atoms with van der Waals surface area (Å²) in [6.45, 7) is 0. The summed E-state index contributed by atoms with van der Waals surface area (Å²) in [5.41, 5.74) is 2.28. The first-order valence-corrected chi connectivity index (χ1v) is 12.1. The molecule has 2 N–H and O–H groups in total. The fourth-order valence-corrected chi connectivity index (χ4v) is 4.48. The van der Waals surface area contributed by atoms with Crippen molar-refractivity contribution in [2.75, 3.05) is 10.6 Å². The zero-order valence-electron chi connectivity index (χ0n) is 18.8. The fourth-order valence-electron chi connectivity index (χ4n) is 3.33. The molecule has 36 heavy (non-hydrogen) atoms. The highest BCUT2D eigenvalue weighted by molar-refractivity contribution is 8.00. The maximum Gasteiger partial charge on any atom is 0.269 e. The van der Waals surface area contributed by atoms with Crippen molar-refractivity contribution in [3.05, 3.63) is 129 Å². The van der Waals surface area contributed by atoms with Crippen molar-refractivity contribution in [2.24, 2.45) is 0 Å². The summed E-state index contributed by atoms with van der Waals surface area (Å²) in [6.07, 6.45) is 0. The largest absolute Gasteiger partial charge is 0.325 e. The molecule has 4 aromatic carbocycles. The van der Waals surface area contributed by atoms with Gasteiger partial charge in [-0.15, -0.1) is 11.8 Å². The normalized spacial score (nSPS) is 11.4. The van der Waals surface area contributed by atoms with Gasteiger partial charge in [-0.2, -0.15) is 0 Å². The molecule has 0 saturated heterocycles. The Bertz CT molecular complexity index is 1360. The van der Waals surface area contributed by atoms with Crippen molar-refractivity contribution in [3.63, 3.8) is 0 Å². The molecule has 0 fully saturated rings. The van der Waals surface area contributed by atoms with Crippen molar-refractivity contribution in [2.45, 2.75) is 10.1 Å². The number of amides is 2. The summed E-state index contributed by atoms with van der Waals surface area (Å²) < 4.78 is 0. The van der Waals surface area contributed by atoms with Crippen molar-refractivity contribution in [3.8, 4) is 0 Å². The molecule has 4 rings (SSSR count). The molecular weight excluding hydrogens is 498 g/mol. The van der Waals surface area contributed by atoms with Crippen LogP contribution >= 0.6 is 23.4 Å². The van der Waals surface area contributed by atoms with E-state index in [-0.39, 0.29) is 17.5 Å². The van der Waals surface area contributed by atoms with E-state index in [1.165, 1.54) is 36.0 Å². The Morgan fingerprint density at radius 2 is 1.36 bits per heavy atom. The SMILES string of the molecule is O=C(Nc1ccc(SC(C(=O)Nc2ccc(Cl)cc2)c2ccccc2)cc1)c1ccc([N+](=O)[O-])cc1. The third-order valence-corrected chi connectivity index (χ3v) is 6.68. The van der Waals surface area contributed by atoms with Gasteiger partial charge in [0, 0.05) is 39.0 Å². The second kappa shape index (κ2) is 11.5. The molecule has 0 saturated carbocycles. The third-order valence-electron chi connectivity index (χ3n) is 5.16. The number of nitro groups is 1. The van der Waals surface area contributed by atoms with Crippen LogP contribution < -0.4 is 10.6 Å². The van der Waals surface area contributed by atoms with E-state index in [1.54, 1.807) is 36.4 Å². The molecule has 0 aliphatic carbocycles. The van der Waals surface area contributed by atoms with Crippen LogP contribution in [0.5, 0.6) is 0 Å².